The van der Waals surface area contributed by atoms with E-state index < -0.39 is 0 Å². The second-order valence-electron chi connectivity index (χ2n) is 5.58. The molecule has 94 valence electrons. The SMILES string of the molecule is c1ccc2c(c1)nc(C1CC1)n2C1CCNCC1. The molecule has 2 heterocycles. The van der Waals surface area contributed by atoms with Crippen LogP contribution in [-0.2, 0) is 0 Å². The van der Waals surface area contributed by atoms with Gasteiger partial charge in [-0.25, -0.2) is 4.98 Å². The summed E-state index contributed by atoms with van der Waals surface area (Å²) >= 11 is 0. The largest absolute Gasteiger partial charge is 0.325 e. The number of hydrogen-bond donors (Lipinski definition) is 1. The van der Waals surface area contributed by atoms with Crippen molar-refractivity contribution in [2.75, 3.05) is 13.1 Å². The van der Waals surface area contributed by atoms with E-state index in [0.717, 1.165) is 19.0 Å². The first-order valence-electron chi connectivity index (χ1n) is 7.11. The molecule has 0 radical (unpaired) electrons. The molecule has 1 aliphatic heterocycles. The Kier molecular flexibility index (Phi) is 2.40. The molecule has 0 unspecified atom stereocenters. The van der Waals surface area contributed by atoms with Crippen LogP contribution in [0.4, 0.5) is 0 Å². The standard InChI is InChI=1S/C15H19N3/c1-2-4-14-13(3-1)17-15(11-5-6-11)18(14)12-7-9-16-10-8-12/h1-4,11-12,16H,5-10H2. The van der Waals surface area contributed by atoms with E-state index in [2.05, 4.69) is 34.1 Å². The van der Waals surface area contributed by atoms with Crippen molar-refractivity contribution >= 4 is 11.0 Å². The Bertz CT molecular complexity index is 562. The van der Waals surface area contributed by atoms with Gasteiger partial charge in [0.25, 0.3) is 0 Å². The van der Waals surface area contributed by atoms with Gasteiger partial charge in [0.05, 0.1) is 11.0 Å². The van der Waals surface area contributed by atoms with Crippen LogP contribution in [0.1, 0.15) is 43.5 Å². The van der Waals surface area contributed by atoms with Gasteiger partial charge in [-0.15, -0.1) is 0 Å². The van der Waals surface area contributed by atoms with E-state index in [4.69, 9.17) is 4.98 Å². The van der Waals surface area contributed by atoms with Crippen LogP contribution in [0.15, 0.2) is 24.3 Å². The van der Waals surface area contributed by atoms with Gasteiger partial charge < -0.3 is 9.88 Å². The van der Waals surface area contributed by atoms with Gasteiger partial charge in [-0.05, 0) is 50.9 Å². The lowest BCUT2D eigenvalue weighted by Gasteiger charge is -2.26. The Labute approximate surface area is 107 Å². The second kappa shape index (κ2) is 4.09. The molecular weight excluding hydrogens is 222 g/mol. The molecule has 1 N–H and O–H groups in total. The molecule has 4 rings (SSSR count). The lowest BCUT2D eigenvalue weighted by molar-refractivity contribution is 0.367. The van der Waals surface area contributed by atoms with Crippen LogP contribution in [0.2, 0.25) is 0 Å². The summed E-state index contributed by atoms with van der Waals surface area (Å²) < 4.78 is 2.55. The fourth-order valence-corrected chi connectivity index (χ4v) is 3.14. The van der Waals surface area contributed by atoms with Gasteiger partial charge in [0.15, 0.2) is 0 Å². The molecule has 3 heteroatoms. The van der Waals surface area contributed by atoms with Crippen LogP contribution in [0.3, 0.4) is 0 Å². The van der Waals surface area contributed by atoms with E-state index in [9.17, 15) is 0 Å². The number of rotatable bonds is 2. The lowest BCUT2D eigenvalue weighted by atomic mass is 10.1. The van der Waals surface area contributed by atoms with Crippen LogP contribution >= 0.6 is 0 Å². The number of nitrogens with one attached hydrogen (secondary N) is 1. The highest BCUT2D eigenvalue weighted by atomic mass is 15.1. The fraction of sp³-hybridized carbons (Fsp3) is 0.533. The molecule has 2 aliphatic rings. The first-order valence-corrected chi connectivity index (χ1v) is 7.11. The van der Waals surface area contributed by atoms with Crippen LogP contribution in [0.25, 0.3) is 11.0 Å². The average Bonchev–Trinajstić information content (AvgIpc) is 3.20. The number of para-hydroxylation sites is 2. The van der Waals surface area contributed by atoms with Crippen molar-refractivity contribution in [1.82, 2.24) is 14.9 Å². The zero-order chi connectivity index (χ0) is 11.9. The van der Waals surface area contributed by atoms with Gasteiger partial charge in [-0.1, -0.05) is 12.1 Å². The predicted molar refractivity (Wildman–Crippen MR) is 72.8 cm³/mol. The number of aromatic nitrogens is 2. The highest BCUT2D eigenvalue weighted by Gasteiger charge is 2.32. The van der Waals surface area contributed by atoms with Gasteiger partial charge in [0.2, 0.25) is 0 Å². The van der Waals surface area contributed by atoms with E-state index in [-0.39, 0.29) is 0 Å². The Morgan fingerprint density at radius 1 is 1.06 bits per heavy atom. The maximum Gasteiger partial charge on any atom is 0.113 e. The lowest BCUT2D eigenvalue weighted by Crippen LogP contribution is -2.30. The topological polar surface area (TPSA) is 29.9 Å². The molecule has 3 nitrogen and oxygen atoms in total. The third kappa shape index (κ3) is 1.65. The normalized spacial score (nSPS) is 21.6. The van der Waals surface area contributed by atoms with Gasteiger partial charge >= 0.3 is 0 Å². The van der Waals surface area contributed by atoms with E-state index in [1.807, 2.05) is 0 Å². The van der Waals surface area contributed by atoms with Crippen molar-refractivity contribution in [3.05, 3.63) is 30.1 Å². The van der Waals surface area contributed by atoms with Crippen molar-refractivity contribution in [2.24, 2.45) is 0 Å². The van der Waals surface area contributed by atoms with Gasteiger partial charge in [0.1, 0.15) is 5.82 Å². The number of nitrogens with zero attached hydrogens (tertiary/aromatic N) is 2. The second-order valence-corrected chi connectivity index (χ2v) is 5.58. The van der Waals surface area contributed by atoms with Gasteiger partial charge in [0, 0.05) is 12.0 Å². The molecule has 1 saturated carbocycles. The molecule has 1 aliphatic carbocycles. The Morgan fingerprint density at radius 3 is 2.61 bits per heavy atom. The van der Waals surface area contributed by atoms with E-state index in [0.29, 0.717) is 6.04 Å². The van der Waals surface area contributed by atoms with Gasteiger partial charge in [-0.2, -0.15) is 0 Å². The minimum atomic E-state index is 0.647. The highest BCUT2D eigenvalue weighted by Crippen LogP contribution is 2.42. The average molecular weight is 241 g/mol. The predicted octanol–water partition coefficient (Wildman–Crippen LogP) is 2.84. The molecular formula is C15H19N3. The van der Waals surface area contributed by atoms with E-state index in [1.165, 1.54) is 42.5 Å². The third-order valence-corrected chi connectivity index (χ3v) is 4.24. The first kappa shape index (κ1) is 10.6. The first-order chi connectivity index (χ1) is 8.93. The molecule has 18 heavy (non-hydrogen) atoms. The van der Waals surface area contributed by atoms with Crippen molar-refractivity contribution in [1.29, 1.82) is 0 Å². The molecule has 1 aromatic carbocycles. The number of piperidine rings is 1. The summed E-state index contributed by atoms with van der Waals surface area (Å²) in [7, 11) is 0. The molecule has 2 aromatic rings. The number of imidazole rings is 1. The van der Waals surface area contributed by atoms with E-state index >= 15 is 0 Å². The summed E-state index contributed by atoms with van der Waals surface area (Å²) in [6.07, 6.45) is 5.13. The zero-order valence-electron chi connectivity index (χ0n) is 10.6. The molecule has 1 aromatic heterocycles. The number of hydrogen-bond acceptors (Lipinski definition) is 2. The van der Waals surface area contributed by atoms with Crippen LogP contribution < -0.4 is 5.32 Å². The maximum absolute atomic E-state index is 4.89. The summed E-state index contributed by atoms with van der Waals surface area (Å²) in [6.45, 7) is 2.28. The van der Waals surface area contributed by atoms with Crippen LogP contribution in [0.5, 0.6) is 0 Å². The molecule has 0 atom stereocenters. The Balaban J connectivity index is 1.86. The number of fused-ring (bicyclic) bond motifs is 1. The minimum Gasteiger partial charge on any atom is -0.325 e. The summed E-state index contributed by atoms with van der Waals surface area (Å²) in [5, 5.41) is 3.46. The van der Waals surface area contributed by atoms with Crippen LogP contribution in [-0.4, -0.2) is 22.6 Å². The van der Waals surface area contributed by atoms with Crippen molar-refractivity contribution in [3.63, 3.8) is 0 Å². The van der Waals surface area contributed by atoms with Crippen molar-refractivity contribution in [2.45, 2.75) is 37.6 Å². The maximum atomic E-state index is 4.89. The smallest absolute Gasteiger partial charge is 0.113 e. The van der Waals surface area contributed by atoms with Crippen LogP contribution in [0, 0.1) is 0 Å². The summed E-state index contributed by atoms with van der Waals surface area (Å²) in [5.74, 6) is 2.08. The summed E-state index contributed by atoms with van der Waals surface area (Å²) in [6, 6.07) is 9.26. The monoisotopic (exact) mass is 241 g/mol. The zero-order valence-corrected chi connectivity index (χ0v) is 10.6. The Morgan fingerprint density at radius 2 is 1.83 bits per heavy atom. The Hall–Kier alpha value is -1.35. The number of benzene rings is 1. The third-order valence-electron chi connectivity index (χ3n) is 4.24. The minimum absolute atomic E-state index is 0.647. The molecule has 2 fully saturated rings. The van der Waals surface area contributed by atoms with Crippen molar-refractivity contribution < 1.29 is 0 Å². The van der Waals surface area contributed by atoms with E-state index in [1.54, 1.807) is 0 Å². The summed E-state index contributed by atoms with van der Waals surface area (Å²) in [4.78, 5) is 4.89. The quantitative estimate of drug-likeness (QED) is 0.876. The van der Waals surface area contributed by atoms with Gasteiger partial charge in [-0.3, -0.25) is 0 Å². The molecule has 1 saturated heterocycles. The summed E-state index contributed by atoms with van der Waals surface area (Å²) in [5.41, 5.74) is 2.52. The fourth-order valence-electron chi connectivity index (χ4n) is 3.14. The molecule has 0 bridgehead atoms. The molecule has 0 amide bonds. The van der Waals surface area contributed by atoms with Crippen molar-refractivity contribution in [3.8, 4) is 0 Å². The molecule has 0 spiro atoms. The highest BCUT2D eigenvalue weighted by molar-refractivity contribution is 5.76.